The third-order valence-corrected chi connectivity index (χ3v) is 10.5. The Bertz CT molecular complexity index is 1560. The second-order valence-corrected chi connectivity index (χ2v) is 13.6. The van der Waals surface area contributed by atoms with E-state index in [0.717, 1.165) is 24.0 Å². The molecule has 1 N–H and O–H groups in total. The molecule has 2 aromatic carbocycles. The molecule has 2 saturated heterocycles. The second kappa shape index (κ2) is 15.1. The Morgan fingerprint density at radius 1 is 0.898 bits per heavy atom. The fourth-order valence-electron chi connectivity index (χ4n) is 7.87. The molecule has 4 heterocycles. The van der Waals surface area contributed by atoms with Crippen molar-refractivity contribution in [2.75, 3.05) is 26.7 Å². The first-order valence-electron chi connectivity index (χ1n) is 17.5. The van der Waals surface area contributed by atoms with E-state index in [0.29, 0.717) is 38.9 Å². The summed E-state index contributed by atoms with van der Waals surface area (Å²) in [5.74, 6) is -3.19. The van der Waals surface area contributed by atoms with E-state index in [1.807, 2.05) is 85.8 Å². The molecular weight excluding hydrogens is 622 g/mol. The van der Waals surface area contributed by atoms with Crippen LogP contribution < -0.4 is 0 Å². The van der Waals surface area contributed by atoms with E-state index < -0.39 is 47.7 Å². The Hall–Kier alpha value is -4.28. The summed E-state index contributed by atoms with van der Waals surface area (Å²) in [7, 11) is 1.72. The number of esters is 1. The standard InChI is InChI=1S/C39H47N3O7/c1-27-34(29-18-9-6-10-19-29)48-38(47)32-30(20-11-12-21-31(44)40(27)2)49-39-22-15-23-41(26-28-16-7-5-8-17-28)37(46)35(39)42(36(45)33(32)39)24-13-3-4-14-25-43/h5-11,15-20,22,27,30,32-35,43H,3-4,12-14,21,23-26H2,1-2H3/b20-11-/t27-,30-,32+,33+,34+,35-,39+/m1/s1. The highest BCUT2D eigenvalue weighted by Gasteiger charge is 2.71. The van der Waals surface area contributed by atoms with E-state index >= 15 is 0 Å². The molecule has 0 radical (unpaired) electrons. The van der Waals surface area contributed by atoms with Gasteiger partial charge in [-0.2, -0.15) is 0 Å². The highest BCUT2D eigenvalue weighted by Crippen LogP contribution is 2.53. The van der Waals surface area contributed by atoms with Gasteiger partial charge in [0.1, 0.15) is 23.7 Å². The van der Waals surface area contributed by atoms with Gasteiger partial charge in [-0.15, -0.1) is 0 Å². The number of hydrogen-bond donors (Lipinski definition) is 1. The molecule has 6 rings (SSSR count). The molecule has 3 amide bonds. The zero-order valence-corrected chi connectivity index (χ0v) is 28.4. The first kappa shape index (κ1) is 34.6. The molecule has 260 valence electrons. The largest absolute Gasteiger partial charge is 0.455 e. The number of allylic oxidation sites excluding steroid dienone is 1. The number of cyclic esters (lactones) is 1. The fraction of sp³-hybridized carbons (Fsp3) is 0.487. The summed E-state index contributed by atoms with van der Waals surface area (Å²) in [5.41, 5.74) is 0.323. The highest BCUT2D eigenvalue weighted by atomic mass is 16.6. The predicted octanol–water partition coefficient (Wildman–Crippen LogP) is 4.20. The zero-order chi connectivity index (χ0) is 34.5. The van der Waals surface area contributed by atoms with Crippen molar-refractivity contribution in [2.24, 2.45) is 11.8 Å². The number of likely N-dealkylation sites (N-methyl/N-ethyl adjacent to an activating group) is 1. The molecule has 0 aromatic heterocycles. The van der Waals surface area contributed by atoms with Gasteiger partial charge in [-0.25, -0.2) is 0 Å². The average Bonchev–Trinajstić information content (AvgIpc) is 3.50. The van der Waals surface area contributed by atoms with Crippen LogP contribution in [0.1, 0.15) is 62.7 Å². The molecule has 2 aromatic rings. The molecule has 0 saturated carbocycles. The number of ether oxygens (including phenoxy) is 2. The van der Waals surface area contributed by atoms with E-state index in [2.05, 4.69) is 0 Å². The quantitative estimate of drug-likeness (QED) is 0.242. The Balaban J connectivity index is 1.39. The number of carbonyl (C=O) groups excluding carboxylic acids is 4. The zero-order valence-electron chi connectivity index (χ0n) is 28.4. The molecular formula is C39H47N3O7. The number of amides is 3. The monoisotopic (exact) mass is 669 g/mol. The molecule has 0 bridgehead atoms. The maximum absolute atomic E-state index is 14.7. The van der Waals surface area contributed by atoms with Gasteiger partial charge in [-0.05, 0) is 37.3 Å². The molecule has 0 unspecified atom stereocenters. The van der Waals surface area contributed by atoms with Crippen molar-refractivity contribution in [2.45, 2.75) is 81.9 Å². The van der Waals surface area contributed by atoms with Crippen LogP contribution in [-0.2, 0) is 35.2 Å². The number of fused-ring (bicyclic) bond motifs is 2. The number of nitrogens with zero attached hydrogens (tertiary/aromatic N) is 3. The lowest BCUT2D eigenvalue weighted by Crippen LogP contribution is -2.55. The maximum Gasteiger partial charge on any atom is 0.313 e. The molecule has 10 heteroatoms. The summed E-state index contributed by atoms with van der Waals surface area (Å²) in [4.78, 5) is 62.0. The molecule has 0 aliphatic carbocycles. The van der Waals surface area contributed by atoms with Crippen LogP contribution in [0.5, 0.6) is 0 Å². The Labute approximate surface area is 288 Å². The predicted molar refractivity (Wildman–Crippen MR) is 183 cm³/mol. The summed E-state index contributed by atoms with van der Waals surface area (Å²) in [6.45, 7) is 2.99. The molecule has 4 aliphatic rings. The number of aliphatic hydroxyl groups excluding tert-OH is 1. The number of carbonyl (C=O) groups is 4. The van der Waals surface area contributed by atoms with Crippen molar-refractivity contribution in [1.29, 1.82) is 0 Å². The molecule has 7 atom stereocenters. The number of unbranched alkanes of at least 4 members (excludes halogenated alkanes) is 3. The lowest BCUT2D eigenvalue weighted by Gasteiger charge is -2.35. The fourth-order valence-corrected chi connectivity index (χ4v) is 7.87. The molecule has 1 spiro atoms. The van der Waals surface area contributed by atoms with Crippen molar-refractivity contribution >= 4 is 23.7 Å². The van der Waals surface area contributed by atoms with Crippen LogP contribution in [0.2, 0.25) is 0 Å². The van der Waals surface area contributed by atoms with Crippen molar-refractivity contribution in [3.8, 4) is 0 Å². The van der Waals surface area contributed by atoms with E-state index in [-0.39, 0.29) is 30.7 Å². The highest BCUT2D eigenvalue weighted by molar-refractivity contribution is 5.99. The topological polar surface area (TPSA) is 117 Å². The molecule has 2 fully saturated rings. The van der Waals surface area contributed by atoms with Crippen molar-refractivity contribution < 1.29 is 33.8 Å². The molecule has 10 nitrogen and oxygen atoms in total. The van der Waals surface area contributed by atoms with Crippen LogP contribution in [0.15, 0.2) is 85.0 Å². The van der Waals surface area contributed by atoms with Crippen LogP contribution in [0.3, 0.4) is 0 Å². The summed E-state index contributed by atoms with van der Waals surface area (Å²) < 4.78 is 13.2. The summed E-state index contributed by atoms with van der Waals surface area (Å²) in [6.07, 6.45) is 9.30. The van der Waals surface area contributed by atoms with Gasteiger partial charge in [-0.3, -0.25) is 19.2 Å². The number of rotatable bonds is 9. The maximum atomic E-state index is 14.7. The third-order valence-electron chi connectivity index (χ3n) is 10.5. The van der Waals surface area contributed by atoms with Crippen molar-refractivity contribution in [1.82, 2.24) is 14.7 Å². The van der Waals surface area contributed by atoms with E-state index in [9.17, 15) is 24.3 Å². The smallest absolute Gasteiger partial charge is 0.313 e. The average molecular weight is 670 g/mol. The minimum absolute atomic E-state index is 0.0743. The van der Waals surface area contributed by atoms with Gasteiger partial charge in [0.2, 0.25) is 17.7 Å². The minimum atomic E-state index is -1.38. The van der Waals surface area contributed by atoms with Crippen LogP contribution in [-0.4, -0.2) is 94.0 Å². The van der Waals surface area contributed by atoms with Gasteiger partial charge in [-0.1, -0.05) is 97.8 Å². The first-order chi connectivity index (χ1) is 23.8. The number of aliphatic hydroxyl groups is 1. The van der Waals surface area contributed by atoms with Gasteiger partial charge < -0.3 is 29.3 Å². The van der Waals surface area contributed by atoms with Crippen LogP contribution in [0, 0.1) is 11.8 Å². The van der Waals surface area contributed by atoms with Gasteiger partial charge in [0, 0.05) is 39.7 Å². The van der Waals surface area contributed by atoms with Gasteiger partial charge in [0.25, 0.3) is 0 Å². The lowest BCUT2D eigenvalue weighted by atomic mass is 9.77. The molecule has 49 heavy (non-hydrogen) atoms. The van der Waals surface area contributed by atoms with Gasteiger partial charge >= 0.3 is 5.97 Å². The second-order valence-electron chi connectivity index (χ2n) is 13.6. The normalized spacial score (nSPS) is 31.0. The van der Waals surface area contributed by atoms with Crippen LogP contribution in [0.4, 0.5) is 0 Å². The Morgan fingerprint density at radius 2 is 1.61 bits per heavy atom. The Kier molecular flexibility index (Phi) is 10.6. The number of benzene rings is 2. The van der Waals surface area contributed by atoms with Crippen LogP contribution in [0.25, 0.3) is 0 Å². The minimum Gasteiger partial charge on any atom is -0.455 e. The SMILES string of the molecule is C[C@@H]1[C@@H](c2ccccc2)OC(=O)[C@@H]2[C@H]3C(=O)N(CCCCCCO)[C@@H]4C(=O)N(Cc5ccccc5)CC=C[C@]34O[C@@H]2/C=C\CCC(=O)N1C. The van der Waals surface area contributed by atoms with E-state index in [4.69, 9.17) is 9.47 Å². The third kappa shape index (κ3) is 6.81. The van der Waals surface area contributed by atoms with Crippen molar-refractivity contribution in [3.05, 3.63) is 96.1 Å². The first-order valence-corrected chi connectivity index (χ1v) is 17.5. The lowest BCUT2D eigenvalue weighted by molar-refractivity contribution is -0.164. The number of hydrogen-bond acceptors (Lipinski definition) is 7. The van der Waals surface area contributed by atoms with Gasteiger partial charge in [0.15, 0.2) is 0 Å². The van der Waals surface area contributed by atoms with Crippen LogP contribution >= 0.6 is 0 Å². The Morgan fingerprint density at radius 3 is 2.35 bits per heavy atom. The summed E-state index contributed by atoms with van der Waals surface area (Å²) in [6, 6.07) is 17.6. The van der Waals surface area contributed by atoms with Crippen molar-refractivity contribution in [3.63, 3.8) is 0 Å². The van der Waals surface area contributed by atoms with E-state index in [1.54, 1.807) is 27.8 Å². The van der Waals surface area contributed by atoms with Gasteiger partial charge in [0.05, 0.1) is 18.1 Å². The summed E-state index contributed by atoms with van der Waals surface area (Å²) in [5, 5.41) is 9.27. The number of likely N-dealkylation sites (tertiary alicyclic amines) is 1. The molecule has 4 aliphatic heterocycles. The summed E-state index contributed by atoms with van der Waals surface area (Å²) >= 11 is 0. The van der Waals surface area contributed by atoms with E-state index in [1.165, 1.54) is 0 Å².